The summed E-state index contributed by atoms with van der Waals surface area (Å²) in [6, 6.07) is 6.01. The topological polar surface area (TPSA) is 90.5 Å². The van der Waals surface area contributed by atoms with E-state index in [4.69, 9.17) is 0 Å². The quantitative estimate of drug-likeness (QED) is 0.629. The summed E-state index contributed by atoms with van der Waals surface area (Å²) in [5.41, 5.74) is 2.74. The van der Waals surface area contributed by atoms with Crippen LogP contribution >= 0.6 is 0 Å². The molecule has 1 saturated carbocycles. The zero-order valence-electron chi connectivity index (χ0n) is 17.0. The van der Waals surface area contributed by atoms with E-state index >= 15 is 0 Å². The Morgan fingerprint density at radius 2 is 1.90 bits per heavy atom. The summed E-state index contributed by atoms with van der Waals surface area (Å²) in [5.74, 6) is 0.0554. The van der Waals surface area contributed by atoms with Crippen molar-refractivity contribution in [2.45, 2.75) is 63.7 Å². The Kier molecular flexibility index (Phi) is 5.96. The van der Waals surface area contributed by atoms with Crippen molar-refractivity contribution in [3.63, 3.8) is 0 Å². The maximum atomic E-state index is 12.9. The van der Waals surface area contributed by atoms with Gasteiger partial charge in [0.25, 0.3) is 5.91 Å². The van der Waals surface area contributed by atoms with E-state index in [0.29, 0.717) is 24.6 Å². The highest BCUT2D eigenvalue weighted by Crippen LogP contribution is 2.29. The SMILES string of the molecule is CNCC1CCC(NCc2ccc3c(c2)C(=O)N(C2CCC(=O)NC2=O)C3)CC1. The molecule has 2 heterocycles. The molecule has 3 amide bonds. The van der Waals surface area contributed by atoms with Gasteiger partial charge in [0.1, 0.15) is 6.04 Å². The Morgan fingerprint density at radius 1 is 1.10 bits per heavy atom. The van der Waals surface area contributed by atoms with Crippen LogP contribution < -0.4 is 16.0 Å². The van der Waals surface area contributed by atoms with Crippen LogP contribution in [0.15, 0.2) is 18.2 Å². The number of carbonyl (C=O) groups is 3. The second-order valence-electron chi connectivity index (χ2n) is 8.55. The van der Waals surface area contributed by atoms with Gasteiger partial charge in [-0.3, -0.25) is 19.7 Å². The predicted octanol–water partition coefficient (Wildman–Crippen LogP) is 1.32. The molecule has 1 aliphatic carbocycles. The Balaban J connectivity index is 1.35. The Morgan fingerprint density at radius 3 is 2.62 bits per heavy atom. The van der Waals surface area contributed by atoms with Gasteiger partial charge in [-0.15, -0.1) is 0 Å². The lowest BCUT2D eigenvalue weighted by atomic mass is 9.86. The number of rotatable bonds is 6. The smallest absolute Gasteiger partial charge is 0.255 e. The van der Waals surface area contributed by atoms with Crippen LogP contribution in [-0.4, -0.2) is 48.3 Å². The lowest BCUT2D eigenvalue weighted by molar-refractivity contribution is -0.136. The van der Waals surface area contributed by atoms with E-state index in [1.165, 1.54) is 25.7 Å². The van der Waals surface area contributed by atoms with Crippen molar-refractivity contribution in [2.24, 2.45) is 5.92 Å². The normalized spacial score (nSPS) is 27.1. The number of nitrogens with one attached hydrogen (secondary N) is 3. The van der Waals surface area contributed by atoms with Gasteiger partial charge < -0.3 is 15.5 Å². The predicted molar refractivity (Wildman–Crippen MR) is 109 cm³/mol. The van der Waals surface area contributed by atoms with Gasteiger partial charge >= 0.3 is 0 Å². The monoisotopic (exact) mass is 398 g/mol. The zero-order chi connectivity index (χ0) is 20.4. The minimum atomic E-state index is -0.554. The molecule has 1 aromatic carbocycles. The molecule has 2 fully saturated rings. The molecule has 1 unspecified atom stereocenters. The Labute approximate surface area is 171 Å². The van der Waals surface area contributed by atoms with Crippen molar-refractivity contribution >= 4 is 17.7 Å². The van der Waals surface area contributed by atoms with E-state index in [9.17, 15) is 14.4 Å². The highest BCUT2D eigenvalue weighted by molar-refractivity contribution is 6.05. The van der Waals surface area contributed by atoms with Gasteiger partial charge in [-0.25, -0.2) is 0 Å². The fraction of sp³-hybridized carbons (Fsp3) is 0.591. The molecule has 7 nitrogen and oxygen atoms in total. The first kappa shape index (κ1) is 20.0. The van der Waals surface area contributed by atoms with Gasteiger partial charge in [-0.05, 0) is 68.8 Å². The number of nitrogens with zero attached hydrogens (tertiary/aromatic N) is 1. The van der Waals surface area contributed by atoms with Crippen LogP contribution in [0.5, 0.6) is 0 Å². The third-order valence-corrected chi connectivity index (χ3v) is 6.53. The lowest BCUT2D eigenvalue weighted by Crippen LogP contribution is -2.52. The largest absolute Gasteiger partial charge is 0.322 e. The Hall–Kier alpha value is -2.25. The third-order valence-electron chi connectivity index (χ3n) is 6.53. The van der Waals surface area contributed by atoms with Crippen LogP contribution in [0.4, 0.5) is 0 Å². The van der Waals surface area contributed by atoms with Crippen molar-refractivity contribution in [3.05, 3.63) is 34.9 Å². The van der Waals surface area contributed by atoms with Crippen molar-refractivity contribution in [3.8, 4) is 0 Å². The van der Waals surface area contributed by atoms with Crippen molar-refractivity contribution in [1.29, 1.82) is 0 Å². The molecule has 1 saturated heterocycles. The first-order valence-corrected chi connectivity index (χ1v) is 10.7. The van der Waals surface area contributed by atoms with Crippen LogP contribution in [0, 0.1) is 5.92 Å². The number of amides is 3. The van der Waals surface area contributed by atoms with E-state index in [1.54, 1.807) is 4.90 Å². The molecule has 0 bridgehead atoms. The first-order chi connectivity index (χ1) is 14.0. The zero-order valence-corrected chi connectivity index (χ0v) is 17.0. The van der Waals surface area contributed by atoms with Gasteiger partial charge in [0.05, 0.1) is 0 Å². The number of hydrogen-bond donors (Lipinski definition) is 3. The number of imide groups is 1. The summed E-state index contributed by atoms with van der Waals surface area (Å²) in [6.07, 6.45) is 5.57. The van der Waals surface area contributed by atoms with E-state index in [1.807, 2.05) is 19.2 Å². The minimum Gasteiger partial charge on any atom is -0.322 e. The van der Waals surface area contributed by atoms with E-state index < -0.39 is 6.04 Å². The van der Waals surface area contributed by atoms with Crippen LogP contribution in [-0.2, 0) is 22.7 Å². The van der Waals surface area contributed by atoms with E-state index in [2.05, 4.69) is 22.0 Å². The molecule has 0 aromatic heterocycles. The number of benzene rings is 1. The van der Waals surface area contributed by atoms with E-state index in [0.717, 1.165) is 30.1 Å². The molecule has 2 aliphatic heterocycles. The third kappa shape index (κ3) is 4.36. The maximum absolute atomic E-state index is 12.9. The van der Waals surface area contributed by atoms with Gasteiger partial charge in [-0.2, -0.15) is 0 Å². The van der Waals surface area contributed by atoms with Gasteiger partial charge in [0.15, 0.2) is 0 Å². The number of carbonyl (C=O) groups excluding carboxylic acids is 3. The Bertz CT molecular complexity index is 801. The molecule has 156 valence electrons. The minimum absolute atomic E-state index is 0.107. The highest BCUT2D eigenvalue weighted by Gasteiger charge is 2.39. The van der Waals surface area contributed by atoms with Gasteiger partial charge in [0.2, 0.25) is 11.8 Å². The van der Waals surface area contributed by atoms with E-state index in [-0.39, 0.29) is 24.1 Å². The van der Waals surface area contributed by atoms with Crippen molar-refractivity contribution in [2.75, 3.05) is 13.6 Å². The molecule has 3 aliphatic rings. The van der Waals surface area contributed by atoms with Crippen LogP contribution in [0.25, 0.3) is 0 Å². The van der Waals surface area contributed by atoms with Gasteiger partial charge in [0, 0.05) is 31.1 Å². The van der Waals surface area contributed by atoms with Crippen LogP contribution in [0.2, 0.25) is 0 Å². The molecule has 1 aromatic rings. The summed E-state index contributed by atoms with van der Waals surface area (Å²) in [4.78, 5) is 38.1. The molecular weight excluding hydrogens is 368 g/mol. The summed E-state index contributed by atoms with van der Waals surface area (Å²) in [6.45, 7) is 2.29. The molecule has 29 heavy (non-hydrogen) atoms. The molecule has 7 heteroatoms. The standard InChI is InChI=1S/C22H30N4O3/c1-23-11-14-3-6-17(7-4-14)24-12-15-2-5-16-13-26(22(29)18(16)10-15)19-8-9-20(27)25-21(19)28/h2,5,10,14,17,19,23-24H,3-4,6-9,11-13H2,1H3,(H,25,27,28). The van der Waals surface area contributed by atoms with Crippen molar-refractivity contribution in [1.82, 2.24) is 20.9 Å². The molecule has 0 radical (unpaired) electrons. The second-order valence-corrected chi connectivity index (χ2v) is 8.55. The molecule has 0 spiro atoms. The number of fused-ring (bicyclic) bond motifs is 1. The van der Waals surface area contributed by atoms with Crippen LogP contribution in [0.3, 0.4) is 0 Å². The molecule has 4 rings (SSSR count). The van der Waals surface area contributed by atoms with Gasteiger partial charge in [-0.1, -0.05) is 12.1 Å². The molecule has 3 N–H and O–H groups in total. The fourth-order valence-corrected chi connectivity index (χ4v) is 4.83. The maximum Gasteiger partial charge on any atom is 0.255 e. The average Bonchev–Trinajstić information content (AvgIpc) is 3.04. The van der Waals surface area contributed by atoms with Crippen LogP contribution in [0.1, 0.15) is 60.0 Å². The first-order valence-electron chi connectivity index (χ1n) is 10.7. The lowest BCUT2D eigenvalue weighted by Gasteiger charge is -2.29. The molecular formula is C22H30N4O3. The molecule has 1 atom stereocenters. The highest BCUT2D eigenvalue weighted by atomic mass is 16.2. The summed E-state index contributed by atoms with van der Waals surface area (Å²) < 4.78 is 0. The number of hydrogen-bond acceptors (Lipinski definition) is 5. The summed E-state index contributed by atoms with van der Waals surface area (Å²) in [5, 5.41) is 9.27. The second kappa shape index (κ2) is 8.63. The average molecular weight is 399 g/mol. The number of piperidine rings is 1. The summed E-state index contributed by atoms with van der Waals surface area (Å²) >= 11 is 0. The van der Waals surface area contributed by atoms with Crippen molar-refractivity contribution < 1.29 is 14.4 Å². The summed E-state index contributed by atoms with van der Waals surface area (Å²) in [7, 11) is 2.01. The fourth-order valence-electron chi connectivity index (χ4n) is 4.83.